The number of halogens is 1. The van der Waals surface area contributed by atoms with Crippen molar-refractivity contribution in [3.63, 3.8) is 0 Å². The molecule has 2 aromatic carbocycles. The van der Waals surface area contributed by atoms with E-state index in [2.05, 4.69) is 10.3 Å². The fourth-order valence-corrected chi connectivity index (χ4v) is 4.85. The Kier molecular flexibility index (Phi) is 5.64. The smallest absolute Gasteiger partial charge is 0.251 e. The number of carbonyl (C=O) groups excluding carboxylic acids is 1. The Morgan fingerprint density at radius 3 is 2.86 bits per heavy atom. The molecule has 0 spiro atoms. The van der Waals surface area contributed by atoms with Crippen LogP contribution in [0.2, 0.25) is 0 Å². The van der Waals surface area contributed by atoms with Crippen LogP contribution in [-0.4, -0.2) is 16.6 Å². The average molecular weight is 415 g/mol. The molecule has 1 aliphatic rings. The summed E-state index contributed by atoms with van der Waals surface area (Å²) in [7, 11) is 0. The minimum Gasteiger partial charge on any atom is -0.487 e. The third-order valence-corrected chi connectivity index (χ3v) is 6.48. The van der Waals surface area contributed by atoms with E-state index in [0.29, 0.717) is 22.8 Å². The lowest BCUT2D eigenvalue weighted by Gasteiger charge is -2.26. The third-order valence-electron chi connectivity index (χ3n) is 4.50. The molecule has 1 amide bonds. The minimum atomic E-state index is -0.224. The van der Waals surface area contributed by atoms with Gasteiger partial charge in [0, 0.05) is 21.6 Å². The van der Waals surface area contributed by atoms with Crippen LogP contribution in [0.1, 0.15) is 39.1 Å². The summed E-state index contributed by atoms with van der Waals surface area (Å²) in [5, 5.41) is 6.01. The SMILES string of the molecule is Cc1nc(COc2ccc(C(=O)N[C@H]3CCSc4c(F)cccc43)cc2)cs1. The maximum absolute atomic E-state index is 14.0. The Hall–Kier alpha value is -2.38. The molecule has 0 unspecified atom stereocenters. The van der Waals surface area contributed by atoms with E-state index in [1.807, 2.05) is 18.4 Å². The molecule has 1 atom stereocenters. The van der Waals surface area contributed by atoms with Gasteiger partial charge in [0.2, 0.25) is 0 Å². The number of nitrogens with zero attached hydrogens (tertiary/aromatic N) is 1. The Labute approximate surface area is 171 Å². The first kappa shape index (κ1) is 19.0. The zero-order valence-electron chi connectivity index (χ0n) is 15.3. The van der Waals surface area contributed by atoms with Crippen LogP contribution in [0.15, 0.2) is 52.7 Å². The number of aryl methyl sites for hydroxylation is 1. The first-order chi connectivity index (χ1) is 13.6. The lowest BCUT2D eigenvalue weighted by Crippen LogP contribution is -2.30. The molecule has 2 heterocycles. The average Bonchev–Trinajstić information content (AvgIpc) is 3.13. The zero-order chi connectivity index (χ0) is 19.5. The number of thioether (sulfide) groups is 1. The van der Waals surface area contributed by atoms with Crippen molar-refractivity contribution in [3.05, 3.63) is 75.5 Å². The molecule has 7 heteroatoms. The molecule has 1 aliphatic heterocycles. The highest BCUT2D eigenvalue weighted by molar-refractivity contribution is 7.99. The van der Waals surface area contributed by atoms with Crippen molar-refractivity contribution in [2.45, 2.75) is 30.9 Å². The van der Waals surface area contributed by atoms with Crippen LogP contribution in [0, 0.1) is 12.7 Å². The maximum atomic E-state index is 14.0. The highest BCUT2D eigenvalue weighted by Crippen LogP contribution is 2.37. The Balaban J connectivity index is 1.40. The van der Waals surface area contributed by atoms with Crippen LogP contribution < -0.4 is 10.1 Å². The molecule has 4 rings (SSSR count). The van der Waals surface area contributed by atoms with Crippen LogP contribution in [0.25, 0.3) is 0 Å². The van der Waals surface area contributed by atoms with E-state index in [9.17, 15) is 9.18 Å². The van der Waals surface area contributed by atoms with E-state index in [-0.39, 0.29) is 17.8 Å². The molecule has 0 saturated carbocycles. The monoisotopic (exact) mass is 414 g/mol. The van der Waals surface area contributed by atoms with Gasteiger partial charge in [0.05, 0.1) is 16.7 Å². The number of ether oxygens (including phenoxy) is 1. The van der Waals surface area contributed by atoms with Crippen LogP contribution in [0.4, 0.5) is 4.39 Å². The molecule has 3 aromatic rings. The van der Waals surface area contributed by atoms with Gasteiger partial charge in [-0.1, -0.05) is 12.1 Å². The largest absolute Gasteiger partial charge is 0.487 e. The standard InChI is InChI=1S/C21H19FN2O2S2/c1-13-23-15(12-28-13)11-26-16-7-5-14(6-8-16)21(25)24-19-9-10-27-20-17(19)3-2-4-18(20)22/h2-8,12,19H,9-11H2,1H3,(H,24,25)/t19-/m0/s1. The van der Waals surface area contributed by atoms with E-state index in [1.165, 1.54) is 17.8 Å². The summed E-state index contributed by atoms with van der Waals surface area (Å²) < 4.78 is 19.7. The van der Waals surface area contributed by atoms with Gasteiger partial charge >= 0.3 is 0 Å². The van der Waals surface area contributed by atoms with Crippen molar-refractivity contribution in [2.24, 2.45) is 0 Å². The molecule has 0 aliphatic carbocycles. The summed E-state index contributed by atoms with van der Waals surface area (Å²) in [5.74, 6) is 1.07. The quantitative estimate of drug-likeness (QED) is 0.628. The normalized spacial score (nSPS) is 15.7. The lowest BCUT2D eigenvalue weighted by molar-refractivity contribution is 0.0934. The predicted molar refractivity (Wildman–Crippen MR) is 110 cm³/mol. The van der Waals surface area contributed by atoms with Crippen molar-refractivity contribution >= 4 is 29.0 Å². The fourth-order valence-electron chi connectivity index (χ4n) is 3.11. The third kappa shape index (κ3) is 4.20. The summed E-state index contributed by atoms with van der Waals surface area (Å²) in [5.41, 5.74) is 2.29. The molecule has 1 N–H and O–H groups in total. The molecule has 0 radical (unpaired) electrons. The van der Waals surface area contributed by atoms with Gasteiger partial charge in [-0.05, 0) is 49.2 Å². The van der Waals surface area contributed by atoms with Crippen LogP contribution in [0.5, 0.6) is 5.75 Å². The molecule has 4 nitrogen and oxygen atoms in total. The van der Waals surface area contributed by atoms with E-state index < -0.39 is 0 Å². The summed E-state index contributed by atoms with van der Waals surface area (Å²) in [4.78, 5) is 17.6. The molecule has 0 bridgehead atoms. The van der Waals surface area contributed by atoms with E-state index in [4.69, 9.17) is 4.74 Å². The van der Waals surface area contributed by atoms with Crippen molar-refractivity contribution in [1.29, 1.82) is 0 Å². The number of fused-ring (bicyclic) bond motifs is 1. The van der Waals surface area contributed by atoms with Crippen LogP contribution in [-0.2, 0) is 6.61 Å². The van der Waals surface area contributed by atoms with Crippen LogP contribution >= 0.6 is 23.1 Å². The van der Waals surface area contributed by atoms with Gasteiger partial charge in [-0.2, -0.15) is 0 Å². The van der Waals surface area contributed by atoms with Crippen molar-refractivity contribution in [3.8, 4) is 5.75 Å². The van der Waals surface area contributed by atoms with E-state index in [0.717, 1.165) is 28.4 Å². The van der Waals surface area contributed by atoms with Gasteiger partial charge < -0.3 is 10.1 Å². The second kappa shape index (κ2) is 8.32. The number of hydrogen-bond acceptors (Lipinski definition) is 5. The first-order valence-corrected chi connectivity index (χ1v) is 10.8. The molecule has 1 aromatic heterocycles. The number of hydrogen-bond donors (Lipinski definition) is 1. The van der Waals surface area contributed by atoms with Gasteiger partial charge in [-0.25, -0.2) is 9.37 Å². The van der Waals surface area contributed by atoms with Crippen molar-refractivity contribution in [2.75, 3.05) is 5.75 Å². The summed E-state index contributed by atoms with van der Waals surface area (Å²) in [6.07, 6.45) is 0.779. The highest BCUT2D eigenvalue weighted by atomic mass is 32.2. The fraction of sp³-hybridized carbons (Fsp3) is 0.238. The second-order valence-corrected chi connectivity index (χ2v) is 8.66. The van der Waals surface area contributed by atoms with Crippen LogP contribution in [0.3, 0.4) is 0 Å². The number of aromatic nitrogens is 1. The number of benzene rings is 2. The second-order valence-electron chi connectivity index (χ2n) is 6.49. The van der Waals surface area contributed by atoms with Gasteiger partial charge in [0.25, 0.3) is 5.91 Å². The molecular formula is C21H19FN2O2S2. The van der Waals surface area contributed by atoms with Gasteiger partial charge in [0.1, 0.15) is 18.2 Å². The Bertz CT molecular complexity index is 988. The summed E-state index contributed by atoms with van der Waals surface area (Å²) >= 11 is 3.09. The number of amides is 1. The first-order valence-electron chi connectivity index (χ1n) is 8.96. The van der Waals surface area contributed by atoms with Crippen molar-refractivity contribution < 1.29 is 13.9 Å². The summed E-state index contributed by atoms with van der Waals surface area (Å²) in [6.45, 7) is 2.36. The van der Waals surface area contributed by atoms with Gasteiger partial charge in [-0.15, -0.1) is 23.1 Å². The van der Waals surface area contributed by atoms with E-state index >= 15 is 0 Å². The summed E-state index contributed by atoms with van der Waals surface area (Å²) in [6, 6.07) is 11.9. The number of thiazole rings is 1. The topological polar surface area (TPSA) is 51.2 Å². The molecule has 28 heavy (non-hydrogen) atoms. The van der Waals surface area contributed by atoms with E-state index in [1.54, 1.807) is 41.7 Å². The predicted octanol–water partition coefficient (Wildman–Crippen LogP) is 5.14. The Morgan fingerprint density at radius 2 is 2.11 bits per heavy atom. The number of nitrogens with one attached hydrogen (secondary N) is 1. The Morgan fingerprint density at radius 1 is 1.29 bits per heavy atom. The number of rotatable bonds is 5. The zero-order valence-corrected chi connectivity index (χ0v) is 16.9. The lowest BCUT2D eigenvalue weighted by atomic mass is 10.0. The molecule has 0 saturated heterocycles. The van der Waals surface area contributed by atoms with Crippen molar-refractivity contribution in [1.82, 2.24) is 10.3 Å². The molecular weight excluding hydrogens is 395 g/mol. The molecule has 0 fully saturated rings. The molecule has 144 valence electrons. The number of carbonyl (C=O) groups is 1. The minimum absolute atomic E-state index is 0.172. The maximum Gasteiger partial charge on any atom is 0.251 e. The van der Waals surface area contributed by atoms with Gasteiger partial charge in [-0.3, -0.25) is 4.79 Å². The van der Waals surface area contributed by atoms with Gasteiger partial charge in [0.15, 0.2) is 0 Å². The highest BCUT2D eigenvalue weighted by Gasteiger charge is 2.24.